The number of nitrogen functional groups attached to an aromatic ring is 1. The number of hydrogen-bond acceptors (Lipinski definition) is 6. The first-order chi connectivity index (χ1) is 10.0. The van der Waals surface area contributed by atoms with Gasteiger partial charge in [-0.05, 0) is 11.6 Å². The van der Waals surface area contributed by atoms with E-state index in [0.29, 0.717) is 22.9 Å². The van der Waals surface area contributed by atoms with E-state index in [0.717, 1.165) is 10.6 Å². The molecule has 0 atom stereocenters. The number of nitrogens with zero attached hydrogens (tertiary/aromatic N) is 2. The molecule has 0 spiro atoms. The van der Waals surface area contributed by atoms with Gasteiger partial charge in [0, 0.05) is 33.0 Å². The molecular weight excluding hydrogens is 288 g/mol. The fourth-order valence-corrected chi connectivity index (χ4v) is 2.90. The van der Waals surface area contributed by atoms with Crippen molar-refractivity contribution in [3.05, 3.63) is 35.0 Å². The monoisotopic (exact) mass is 306 g/mol. The van der Waals surface area contributed by atoms with Gasteiger partial charge in [0.2, 0.25) is 0 Å². The van der Waals surface area contributed by atoms with E-state index < -0.39 is 0 Å². The third-order valence-electron chi connectivity index (χ3n) is 2.88. The quantitative estimate of drug-likeness (QED) is 0.883. The summed E-state index contributed by atoms with van der Waals surface area (Å²) in [7, 11) is 4.92. The summed E-state index contributed by atoms with van der Waals surface area (Å²) in [6, 6.07) is 3.84. The van der Waals surface area contributed by atoms with Crippen molar-refractivity contribution in [3.63, 3.8) is 0 Å². The highest BCUT2D eigenvalue weighted by molar-refractivity contribution is 7.19. The molecule has 0 bridgehead atoms. The third kappa shape index (κ3) is 3.25. The minimum atomic E-state index is -0.134. The molecule has 21 heavy (non-hydrogen) atoms. The standard InChI is InChI=1S/C14H18N4O2S/c1-18(2)14(19)12-10(15)11(20-3)13(21-12)17-8-9-5-4-6-16-7-9/h4-7,17H,8,15H2,1-3H3. The van der Waals surface area contributed by atoms with Crippen LogP contribution in [0.3, 0.4) is 0 Å². The number of hydrogen-bond donors (Lipinski definition) is 2. The topological polar surface area (TPSA) is 80.5 Å². The van der Waals surface area contributed by atoms with Crippen molar-refractivity contribution in [3.8, 4) is 5.75 Å². The van der Waals surface area contributed by atoms with Gasteiger partial charge >= 0.3 is 0 Å². The molecule has 3 N–H and O–H groups in total. The SMILES string of the molecule is COc1c(NCc2cccnc2)sc(C(=O)N(C)C)c1N. The molecule has 2 rings (SSSR count). The number of nitrogens with one attached hydrogen (secondary N) is 1. The molecule has 0 saturated carbocycles. The lowest BCUT2D eigenvalue weighted by atomic mass is 10.3. The second kappa shape index (κ2) is 6.45. The molecule has 1 amide bonds. The van der Waals surface area contributed by atoms with Crippen molar-refractivity contribution in [2.24, 2.45) is 0 Å². The summed E-state index contributed by atoms with van der Waals surface area (Å²) in [6.07, 6.45) is 3.50. The van der Waals surface area contributed by atoms with Crippen molar-refractivity contribution in [1.29, 1.82) is 0 Å². The third-order valence-corrected chi connectivity index (χ3v) is 4.01. The lowest BCUT2D eigenvalue weighted by molar-refractivity contribution is 0.0833. The second-order valence-electron chi connectivity index (χ2n) is 4.62. The molecule has 112 valence electrons. The lowest BCUT2D eigenvalue weighted by Crippen LogP contribution is -2.21. The number of nitrogens with two attached hydrogens (primary N) is 1. The number of aromatic nitrogens is 1. The highest BCUT2D eigenvalue weighted by Crippen LogP contribution is 2.42. The van der Waals surface area contributed by atoms with Gasteiger partial charge in [-0.2, -0.15) is 0 Å². The molecule has 0 saturated heterocycles. The van der Waals surface area contributed by atoms with Crippen molar-refractivity contribution in [1.82, 2.24) is 9.88 Å². The summed E-state index contributed by atoms with van der Waals surface area (Å²) in [6.45, 7) is 0.583. The van der Waals surface area contributed by atoms with Crippen LogP contribution in [0.5, 0.6) is 5.75 Å². The molecule has 2 heterocycles. The van der Waals surface area contributed by atoms with Crippen LogP contribution in [0.4, 0.5) is 10.7 Å². The Balaban J connectivity index is 2.23. The van der Waals surface area contributed by atoms with Crippen molar-refractivity contribution in [2.75, 3.05) is 32.3 Å². The first kappa shape index (κ1) is 15.1. The van der Waals surface area contributed by atoms with Gasteiger partial charge in [-0.15, -0.1) is 11.3 Å². The Hall–Kier alpha value is -2.28. The number of methoxy groups -OCH3 is 1. The van der Waals surface area contributed by atoms with Crippen LogP contribution in [0.1, 0.15) is 15.2 Å². The molecule has 0 aromatic carbocycles. The van der Waals surface area contributed by atoms with E-state index in [4.69, 9.17) is 10.5 Å². The van der Waals surface area contributed by atoms with Crippen LogP contribution in [0.2, 0.25) is 0 Å². The number of ether oxygens (including phenoxy) is 1. The fraction of sp³-hybridized carbons (Fsp3) is 0.286. The fourth-order valence-electron chi connectivity index (χ4n) is 1.79. The molecule has 0 radical (unpaired) electrons. The number of anilines is 2. The number of pyridine rings is 1. The number of thiophene rings is 1. The number of rotatable bonds is 5. The predicted molar refractivity (Wildman–Crippen MR) is 84.9 cm³/mol. The van der Waals surface area contributed by atoms with Gasteiger partial charge in [-0.25, -0.2) is 0 Å². The highest BCUT2D eigenvalue weighted by Gasteiger charge is 2.22. The zero-order valence-electron chi connectivity index (χ0n) is 12.2. The van der Waals surface area contributed by atoms with Gasteiger partial charge in [0.05, 0.1) is 7.11 Å². The predicted octanol–water partition coefficient (Wildman–Crippen LogP) is 2.05. The van der Waals surface area contributed by atoms with Gasteiger partial charge in [0.15, 0.2) is 5.75 Å². The maximum absolute atomic E-state index is 12.1. The molecule has 0 unspecified atom stereocenters. The number of carbonyl (C=O) groups is 1. The van der Waals surface area contributed by atoms with Gasteiger partial charge in [0.25, 0.3) is 5.91 Å². The summed E-state index contributed by atoms with van der Waals surface area (Å²) < 4.78 is 5.31. The van der Waals surface area contributed by atoms with Crippen LogP contribution >= 0.6 is 11.3 Å². The minimum absolute atomic E-state index is 0.134. The van der Waals surface area contributed by atoms with E-state index >= 15 is 0 Å². The van der Waals surface area contributed by atoms with E-state index in [1.807, 2.05) is 12.1 Å². The Labute approximate surface area is 127 Å². The van der Waals surface area contributed by atoms with E-state index in [1.165, 1.54) is 23.3 Å². The molecule has 2 aromatic heterocycles. The van der Waals surface area contributed by atoms with Gasteiger partial charge in [-0.1, -0.05) is 6.07 Å². The summed E-state index contributed by atoms with van der Waals surface area (Å²) >= 11 is 1.29. The molecule has 2 aromatic rings. The average Bonchev–Trinajstić information content (AvgIpc) is 2.81. The van der Waals surface area contributed by atoms with Crippen molar-refractivity contribution < 1.29 is 9.53 Å². The molecule has 0 aliphatic carbocycles. The molecule has 0 aliphatic heterocycles. The molecule has 0 aliphatic rings. The first-order valence-electron chi connectivity index (χ1n) is 6.35. The first-order valence-corrected chi connectivity index (χ1v) is 7.17. The lowest BCUT2D eigenvalue weighted by Gasteiger charge is -2.08. The zero-order valence-corrected chi connectivity index (χ0v) is 13.0. The largest absolute Gasteiger partial charge is 0.492 e. The zero-order chi connectivity index (χ0) is 15.4. The van der Waals surface area contributed by atoms with Gasteiger partial charge < -0.3 is 20.7 Å². The van der Waals surface area contributed by atoms with Crippen LogP contribution in [-0.2, 0) is 6.54 Å². The summed E-state index contributed by atoms with van der Waals surface area (Å²) in [5.41, 5.74) is 7.41. The summed E-state index contributed by atoms with van der Waals surface area (Å²) in [4.78, 5) is 18.1. The average molecular weight is 306 g/mol. The molecule has 0 fully saturated rings. The highest BCUT2D eigenvalue weighted by atomic mass is 32.1. The number of amides is 1. The van der Waals surface area contributed by atoms with Crippen LogP contribution in [0.25, 0.3) is 0 Å². The Kier molecular flexibility index (Phi) is 4.64. The van der Waals surface area contributed by atoms with Crippen LogP contribution in [-0.4, -0.2) is 37.0 Å². The smallest absolute Gasteiger partial charge is 0.265 e. The van der Waals surface area contributed by atoms with Crippen LogP contribution in [0.15, 0.2) is 24.5 Å². The van der Waals surface area contributed by atoms with Crippen molar-refractivity contribution in [2.45, 2.75) is 6.54 Å². The van der Waals surface area contributed by atoms with E-state index in [-0.39, 0.29) is 5.91 Å². The summed E-state index contributed by atoms with van der Waals surface area (Å²) in [5, 5.41) is 3.98. The van der Waals surface area contributed by atoms with E-state index in [9.17, 15) is 4.79 Å². The Morgan fingerprint density at radius 3 is 2.86 bits per heavy atom. The normalized spacial score (nSPS) is 10.2. The molecular formula is C14H18N4O2S. The van der Waals surface area contributed by atoms with E-state index in [2.05, 4.69) is 10.3 Å². The second-order valence-corrected chi connectivity index (χ2v) is 5.64. The molecule has 6 nitrogen and oxygen atoms in total. The Morgan fingerprint density at radius 2 is 2.29 bits per heavy atom. The van der Waals surface area contributed by atoms with Crippen LogP contribution in [0, 0.1) is 0 Å². The molecule has 7 heteroatoms. The van der Waals surface area contributed by atoms with Gasteiger partial charge in [0.1, 0.15) is 15.6 Å². The Bertz CT molecular complexity index is 625. The minimum Gasteiger partial charge on any atom is -0.492 e. The van der Waals surface area contributed by atoms with E-state index in [1.54, 1.807) is 26.5 Å². The Morgan fingerprint density at radius 1 is 1.52 bits per heavy atom. The maximum Gasteiger partial charge on any atom is 0.265 e. The summed E-state index contributed by atoms with van der Waals surface area (Å²) in [5.74, 6) is 0.374. The maximum atomic E-state index is 12.1. The van der Waals surface area contributed by atoms with Crippen molar-refractivity contribution >= 4 is 27.9 Å². The van der Waals surface area contributed by atoms with Crippen LogP contribution < -0.4 is 15.8 Å². The number of carbonyl (C=O) groups excluding carboxylic acids is 1. The van der Waals surface area contributed by atoms with Gasteiger partial charge in [-0.3, -0.25) is 9.78 Å².